The van der Waals surface area contributed by atoms with Crippen LogP contribution in [0.5, 0.6) is 0 Å². The first-order valence-corrected chi connectivity index (χ1v) is 12.3. The van der Waals surface area contributed by atoms with Crippen LogP contribution in [0.3, 0.4) is 0 Å². The van der Waals surface area contributed by atoms with Gasteiger partial charge in [-0.1, -0.05) is 67.6 Å². The Kier molecular flexibility index (Phi) is 19.1. The summed E-state index contributed by atoms with van der Waals surface area (Å²) in [5.74, 6) is 0. The van der Waals surface area contributed by atoms with Gasteiger partial charge in [0.2, 0.25) is 0 Å². The van der Waals surface area contributed by atoms with E-state index in [1.807, 2.05) is 0 Å². The fourth-order valence-electron chi connectivity index (χ4n) is 3.95. The molecule has 4 heteroatoms. The van der Waals surface area contributed by atoms with Crippen LogP contribution in [0.2, 0.25) is 0 Å². The molecule has 0 radical (unpaired) electrons. The summed E-state index contributed by atoms with van der Waals surface area (Å²) in [6.45, 7) is 25.0. The van der Waals surface area contributed by atoms with Gasteiger partial charge >= 0.3 is 0 Å². The molecule has 2 aromatic carbocycles. The van der Waals surface area contributed by atoms with Crippen LogP contribution in [0, 0.1) is 0 Å². The minimum absolute atomic E-state index is 0. The highest BCUT2D eigenvalue weighted by Gasteiger charge is 2.21. The zero-order chi connectivity index (χ0) is 23.6. The smallest absolute Gasteiger partial charge is 0.104 e. The number of hydrogen-bond acceptors (Lipinski definition) is 2. The fraction of sp³-hybridized carbons (Fsp3) is 0.571. The zero-order valence-corrected chi connectivity index (χ0v) is 21.9. The molecule has 0 aliphatic heterocycles. The predicted molar refractivity (Wildman–Crippen MR) is 137 cm³/mol. The Labute approximate surface area is 199 Å². The highest BCUT2D eigenvalue weighted by Crippen LogP contribution is 2.14. The number of quaternary nitrogens is 2. The second kappa shape index (κ2) is 18.8. The summed E-state index contributed by atoms with van der Waals surface area (Å²) in [6, 6.07) is 21.6. The van der Waals surface area contributed by atoms with Crippen molar-refractivity contribution in [2.45, 2.75) is 61.6 Å². The SMILES string of the molecule is CC[N+](CC)(CC)Cc1ccccc1.CC[N+](CC)(CC)Cc1ccccc1.CC[O-].[OH-]. The van der Waals surface area contributed by atoms with Gasteiger partial charge in [0.25, 0.3) is 0 Å². The van der Waals surface area contributed by atoms with Gasteiger partial charge in [-0.05, 0) is 41.5 Å². The lowest BCUT2D eigenvalue weighted by Gasteiger charge is -2.35. The largest absolute Gasteiger partial charge is 0.870 e. The molecular weight excluding hydrogens is 396 g/mol. The minimum atomic E-state index is 0. The second-order valence-electron chi connectivity index (χ2n) is 8.16. The van der Waals surface area contributed by atoms with E-state index in [0.717, 1.165) is 0 Å². The van der Waals surface area contributed by atoms with Crippen LogP contribution in [-0.2, 0) is 13.1 Å². The number of hydrogen-bond donors (Lipinski definition) is 0. The van der Waals surface area contributed by atoms with Gasteiger partial charge in [0, 0.05) is 11.1 Å². The highest BCUT2D eigenvalue weighted by molar-refractivity contribution is 5.14. The lowest BCUT2D eigenvalue weighted by Crippen LogP contribution is -2.46. The summed E-state index contributed by atoms with van der Waals surface area (Å²) in [4.78, 5) is 0. The molecule has 1 N–H and O–H groups in total. The first-order chi connectivity index (χ1) is 14.9. The lowest BCUT2D eigenvalue weighted by molar-refractivity contribution is -0.936. The van der Waals surface area contributed by atoms with E-state index in [2.05, 4.69) is 102 Å². The summed E-state index contributed by atoms with van der Waals surface area (Å²) >= 11 is 0. The topological polar surface area (TPSA) is 53.1 Å². The number of benzene rings is 2. The fourth-order valence-corrected chi connectivity index (χ4v) is 3.95. The van der Waals surface area contributed by atoms with Gasteiger partial charge in [-0.15, -0.1) is 6.61 Å². The van der Waals surface area contributed by atoms with E-state index >= 15 is 0 Å². The molecule has 32 heavy (non-hydrogen) atoms. The second-order valence-corrected chi connectivity index (χ2v) is 8.16. The van der Waals surface area contributed by atoms with Crippen LogP contribution in [0.4, 0.5) is 0 Å². The van der Waals surface area contributed by atoms with Gasteiger partial charge in [-0.2, -0.15) is 0 Å². The average Bonchev–Trinajstić information content (AvgIpc) is 2.83. The van der Waals surface area contributed by atoms with Gasteiger partial charge in [-0.3, -0.25) is 0 Å². The molecule has 0 saturated heterocycles. The summed E-state index contributed by atoms with van der Waals surface area (Å²) < 4.78 is 2.40. The van der Waals surface area contributed by atoms with Gasteiger partial charge in [-0.25, -0.2) is 0 Å². The Balaban J connectivity index is 0. The Morgan fingerprint density at radius 2 is 0.719 bits per heavy atom. The Bertz CT molecular complexity index is 565. The average molecular weight is 447 g/mol. The quantitative estimate of drug-likeness (QED) is 0.464. The maximum absolute atomic E-state index is 8.93. The van der Waals surface area contributed by atoms with Gasteiger partial charge in [0.15, 0.2) is 0 Å². The van der Waals surface area contributed by atoms with E-state index in [0.29, 0.717) is 0 Å². The lowest BCUT2D eigenvalue weighted by atomic mass is 10.2. The molecule has 0 aliphatic rings. The van der Waals surface area contributed by atoms with Gasteiger partial charge in [0.05, 0.1) is 39.3 Å². The van der Waals surface area contributed by atoms with E-state index in [1.54, 1.807) is 6.92 Å². The maximum atomic E-state index is 8.93. The van der Waals surface area contributed by atoms with E-state index in [9.17, 15) is 0 Å². The van der Waals surface area contributed by atoms with Gasteiger partial charge in [0.1, 0.15) is 13.1 Å². The Morgan fingerprint density at radius 3 is 0.906 bits per heavy atom. The summed E-state index contributed by atoms with van der Waals surface area (Å²) in [6.07, 6.45) is 0. The molecule has 0 spiro atoms. The molecule has 0 bridgehead atoms. The van der Waals surface area contributed by atoms with E-state index in [-0.39, 0.29) is 12.1 Å². The van der Waals surface area contributed by atoms with E-state index in [1.165, 1.54) is 72.5 Å². The summed E-state index contributed by atoms with van der Waals surface area (Å²) in [5, 5.41) is 8.93. The van der Waals surface area contributed by atoms with Crippen LogP contribution >= 0.6 is 0 Å². The monoisotopic (exact) mass is 446 g/mol. The van der Waals surface area contributed by atoms with Crippen LogP contribution < -0.4 is 5.11 Å². The Hall–Kier alpha value is -1.72. The standard InChI is InChI=1S/2C13H22N.C2H5O.H2O/c2*1-4-14(5-2,6-3)12-13-10-8-7-9-11-13;1-2-3;/h2*7-11H,4-6,12H2,1-3H3;2H2,1H3;1H2/q2*+1;-1;/p-1. The number of rotatable bonds is 10. The molecular formula is C28H50N2O2. The molecule has 0 amide bonds. The number of nitrogens with zero attached hydrogens (tertiary/aromatic N) is 2. The van der Waals surface area contributed by atoms with Crippen LogP contribution in [-0.4, -0.2) is 60.3 Å². The zero-order valence-electron chi connectivity index (χ0n) is 21.9. The first-order valence-electron chi connectivity index (χ1n) is 12.3. The van der Waals surface area contributed by atoms with E-state index in [4.69, 9.17) is 5.11 Å². The molecule has 0 aromatic heterocycles. The summed E-state index contributed by atoms with van der Waals surface area (Å²) in [7, 11) is 0. The molecule has 4 nitrogen and oxygen atoms in total. The molecule has 184 valence electrons. The van der Waals surface area contributed by atoms with Gasteiger partial charge < -0.3 is 19.5 Å². The third-order valence-electron chi connectivity index (χ3n) is 6.75. The molecule has 0 heterocycles. The van der Waals surface area contributed by atoms with Crippen molar-refractivity contribution in [1.29, 1.82) is 0 Å². The molecule has 0 fully saturated rings. The van der Waals surface area contributed by atoms with Crippen LogP contribution in [0.1, 0.15) is 59.6 Å². The summed E-state index contributed by atoms with van der Waals surface area (Å²) in [5.41, 5.74) is 2.91. The third kappa shape index (κ3) is 11.8. The molecule has 0 atom stereocenters. The van der Waals surface area contributed by atoms with E-state index < -0.39 is 0 Å². The Morgan fingerprint density at radius 1 is 0.500 bits per heavy atom. The molecule has 2 rings (SSSR count). The van der Waals surface area contributed by atoms with Crippen molar-refractivity contribution in [2.75, 3.05) is 45.9 Å². The van der Waals surface area contributed by atoms with Crippen molar-refractivity contribution in [1.82, 2.24) is 0 Å². The molecule has 0 aliphatic carbocycles. The first kappa shape index (κ1) is 32.5. The molecule has 0 unspecified atom stereocenters. The molecule has 0 saturated carbocycles. The van der Waals surface area contributed by atoms with Crippen LogP contribution in [0.15, 0.2) is 60.7 Å². The minimum Gasteiger partial charge on any atom is -0.870 e. The van der Waals surface area contributed by atoms with Crippen molar-refractivity contribution >= 4 is 0 Å². The highest BCUT2D eigenvalue weighted by atomic mass is 16.2. The third-order valence-corrected chi connectivity index (χ3v) is 6.75. The van der Waals surface area contributed by atoms with Crippen molar-refractivity contribution in [2.24, 2.45) is 0 Å². The van der Waals surface area contributed by atoms with Crippen molar-refractivity contribution in [3.05, 3.63) is 71.8 Å². The van der Waals surface area contributed by atoms with Crippen LogP contribution in [0.25, 0.3) is 0 Å². The van der Waals surface area contributed by atoms with Crippen molar-refractivity contribution in [3.63, 3.8) is 0 Å². The molecule has 2 aromatic rings. The predicted octanol–water partition coefficient (Wildman–Crippen LogP) is 5.32. The van der Waals surface area contributed by atoms with Crippen molar-refractivity contribution in [3.8, 4) is 0 Å². The van der Waals surface area contributed by atoms with Crippen molar-refractivity contribution < 1.29 is 19.5 Å². The maximum Gasteiger partial charge on any atom is 0.104 e. The normalized spacial score (nSPS) is 10.8.